The van der Waals surface area contributed by atoms with Crippen LogP contribution in [0.1, 0.15) is 36.9 Å². The van der Waals surface area contributed by atoms with E-state index in [1.54, 1.807) is 63.6 Å². The van der Waals surface area contributed by atoms with E-state index < -0.39 is 12.0 Å². The molecule has 0 spiro atoms. The van der Waals surface area contributed by atoms with E-state index in [0.29, 0.717) is 48.1 Å². The molecule has 0 fully saturated rings. The molecular weight excluding hydrogens is 552 g/mol. The monoisotopic (exact) mass is 578 g/mol. The van der Waals surface area contributed by atoms with Crippen molar-refractivity contribution >= 4 is 35.1 Å². The van der Waals surface area contributed by atoms with Crippen LogP contribution in [-0.4, -0.2) is 41.3 Å². The minimum Gasteiger partial charge on any atom is -0.497 e. The number of hydrogen-bond donors (Lipinski definition) is 0. The van der Waals surface area contributed by atoms with Crippen molar-refractivity contribution in [3.05, 3.63) is 90.6 Å². The van der Waals surface area contributed by atoms with Crippen LogP contribution < -0.4 is 24.4 Å². The summed E-state index contributed by atoms with van der Waals surface area (Å²) >= 11 is 2.50. The highest BCUT2D eigenvalue weighted by Crippen LogP contribution is 2.37. The van der Waals surface area contributed by atoms with Gasteiger partial charge in [-0.2, -0.15) is 0 Å². The average Bonchev–Trinajstić information content (AvgIpc) is 3.50. The van der Waals surface area contributed by atoms with E-state index in [0.717, 1.165) is 5.69 Å². The third kappa shape index (κ3) is 5.32. The maximum Gasteiger partial charge on any atom is 0.338 e. The van der Waals surface area contributed by atoms with Crippen molar-refractivity contribution in [2.24, 2.45) is 4.99 Å². The second kappa shape index (κ2) is 11.5. The molecule has 0 saturated carbocycles. The summed E-state index contributed by atoms with van der Waals surface area (Å²) in [6.07, 6.45) is 3.35. The van der Waals surface area contributed by atoms with Crippen LogP contribution in [0.4, 0.5) is 0 Å². The number of aromatic nitrogens is 3. The number of rotatable bonds is 8. The Balaban J connectivity index is 1.61. The number of aryl methyl sites for hydroxylation is 1. The first-order valence-electron chi connectivity index (χ1n) is 12.3. The molecule has 206 valence electrons. The summed E-state index contributed by atoms with van der Waals surface area (Å²) < 4.78 is 24.2. The number of benzene rings is 1. The molecule has 0 amide bonds. The molecule has 1 aliphatic heterocycles. The molecule has 0 N–H and O–H groups in total. The SMILES string of the molecule is CCOC(=O)C1=C(C)N=c2s/c(=C/c3ccc(Sc4nccc(C)n4)o3)c(=O)n2[C@@H]1c1ccc(OC)cc1OC. The molecule has 0 unspecified atom stereocenters. The summed E-state index contributed by atoms with van der Waals surface area (Å²) in [5, 5.41) is 1.15. The molecule has 0 bridgehead atoms. The summed E-state index contributed by atoms with van der Waals surface area (Å²) in [5.41, 5.74) is 1.85. The molecule has 12 heteroatoms. The van der Waals surface area contributed by atoms with Gasteiger partial charge in [0.05, 0.1) is 36.6 Å². The molecule has 5 rings (SSSR count). The lowest BCUT2D eigenvalue weighted by molar-refractivity contribution is -0.139. The largest absolute Gasteiger partial charge is 0.497 e. The molecule has 1 aliphatic rings. The number of methoxy groups -OCH3 is 2. The van der Waals surface area contributed by atoms with Crippen molar-refractivity contribution in [3.63, 3.8) is 0 Å². The predicted molar refractivity (Wildman–Crippen MR) is 150 cm³/mol. The number of furan rings is 1. The lowest BCUT2D eigenvalue weighted by Gasteiger charge is -2.26. The number of ether oxygens (including phenoxy) is 3. The molecule has 0 radical (unpaired) electrons. The van der Waals surface area contributed by atoms with Crippen LogP contribution in [0.25, 0.3) is 6.08 Å². The van der Waals surface area contributed by atoms with Crippen LogP contribution in [-0.2, 0) is 9.53 Å². The van der Waals surface area contributed by atoms with E-state index in [1.807, 2.05) is 13.0 Å². The highest BCUT2D eigenvalue weighted by atomic mass is 32.2. The lowest BCUT2D eigenvalue weighted by Crippen LogP contribution is -2.40. The Bertz CT molecular complexity index is 1800. The van der Waals surface area contributed by atoms with Crippen LogP contribution in [0.5, 0.6) is 11.5 Å². The van der Waals surface area contributed by atoms with Gasteiger partial charge in [-0.25, -0.2) is 19.8 Å². The van der Waals surface area contributed by atoms with Crippen molar-refractivity contribution in [2.45, 2.75) is 37.1 Å². The van der Waals surface area contributed by atoms with Crippen molar-refractivity contribution in [1.82, 2.24) is 14.5 Å². The maximum absolute atomic E-state index is 13.9. The van der Waals surface area contributed by atoms with Crippen molar-refractivity contribution < 1.29 is 23.4 Å². The van der Waals surface area contributed by atoms with Gasteiger partial charge in [0.25, 0.3) is 5.56 Å². The number of carbonyl (C=O) groups excluding carboxylic acids is 1. The Morgan fingerprint density at radius 3 is 2.73 bits per heavy atom. The van der Waals surface area contributed by atoms with Crippen molar-refractivity contribution in [1.29, 1.82) is 0 Å². The number of carbonyl (C=O) groups is 1. The quantitative estimate of drug-likeness (QED) is 0.228. The van der Waals surface area contributed by atoms with Gasteiger partial charge in [0.2, 0.25) is 0 Å². The average molecular weight is 579 g/mol. The second-order valence-corrected chi connectivity index (χ2v) is 10.6. The summed E-state index contributed by atoms with van der Waals surface area (Å²) in [4.78, 5) is 40.7. The van der Waals surface area contributed by atoms with Crippen molar-refractivity contribution in [2.75, 3.05) is 20.8 Å². The number of esters is 1. The summed E-state index contributed by atoms with van der Waals surface area (Å²) in [6.45, 7) is 5.53. The Hall–Kier alpha value is -4.16. The molecule has 1 atom stereocenters. The summed E-state index contributed by atoms with van der Waals surface area (Å²) in [7, 11) is 3.08. The number of hydrogen-bond acceptors (Lipinski definition) is 11. The van der Waals surface area contributed by atoms with Crippen LogP contribution in [0.3, 0.4) is 0 Å². The van der Waals surface area contributed by atoms with Gasteiger partial charge >= 0.3 is 5.97 Å². The molecule has 4 aromatic rings. The van der Waals surface area contributed by atoms with E-state index >= 15 is 0 Å². The van der Waals surface area contributed by atoms with E-state index in [2.05, 4.69) is 15.0 Å². The van der Waals surface area contributed by atoms with Crippen molar-refractivity contribution in [3.8, 4) is 11.5 Å². The van der Waals surface area contributed by atoms with Crippen LogP contribution in [0.15, 0.2) is 78.3 Å². The maximum atomic E-state index is 13.9. The van der Waals surface area contributed by atoms with Gasteiger partial charge < -0.3 is 18.6 Å². The Morgan fingerprint density at radius 2 is 2.00 bits per heavy atom. The van der Waals surface area contributed by atoms with Crippen LogP contribution in [0.2, 0.25) is 0 Å². The Labute approximate surface area is 237 Å². The zero-order valence-electron chi connectivity index (χ0n) is 22.5. The van der Waals surface area contributed by atoms with E-state index in [1.165, 1.54) is 34.8 Å². The zero-order valence-corrected chi connectivity index (χ0v) is 24.1. The normalized spacial score (nSPS) is 15.0. The molecule has 3 aromatic heterocycles. The summed E-state index contributed by atoms with van der Waals surface area (Å²) in [6, 6.07) is 9.82. The van der Waals surface area contributed by atoms with Gasteiger partial charge in [-0.15, -0.1) is 0 Å². The topological polar surface area (TPSA) is 118 Å². The number of allylic oxidation sites excluding steroid dienone is 1. The third-order valence-corrected chi connectivity index (χ3v) is 7.88. The first-order valence-corrected chi connectivity index (χ1v) is 13.9. The molecule has 0 aliphatic carbocycles. The fraction of sp³-hybridized carbons (Fsp3) is 0.250. The van der Waals surface area contributed by atoms with Gasteiger partial charge in [0.1, 0.15) is 23.3 Å². The van der Waals surface area contributed by atoms with Gasteiger partial charge in [-0.05, 0) is 62.9 Å². The first kappa shape index (κ1) is 27.4. The molecule has 10 nitrogen and oxygen atoms in total. The van der Waals surface area contributed by atoms with Crippen LogP contribution in [0, 0.1) is 6.92 Å². The third-order valence-electron chi connectivity index (χ3n) is 6.09. The van der Waals surface area contributed by atoms with Gasteiger partial charge in [0.15, 0.2) is 15.1 Å². The number of thiazole rings is 1. The Kier molecular flexibility index (Phi) is 7.90. The molecule has 0 saturated heterocycles. The van der Waals surface area contributed by atoms with Gasteiger partial charge in [-0.1, -0.05) is 11.3 Å². The molecule has 1 aromatic carbocycles. The summed E-state index contributed by atoms with van der Waals surface area (Å²) in [5.74, 6) is 0.975. The first-order chi connectivity index (χ1) is 19.3. The standard InChI is InChI=1S/C28H26N4O6S2/c1-6-37-26(34)23-16(3)31-28-32(24(23)19-9-7-17(35-4)13-20(19)36-5)25(33)21(39-28)14-18-8-10-22(38-18)40-27-29-12-11-15(2)30-27/h7-14,24H,6H2,1-5H3/b21-14+/t24-/m1/s1. The molecule has 40 heavy (non-hydrogen) atoms. The fourth-order valence-electron chi connectivity index (χ4n) is 4.29. The zero-order chi connectivity index (χ0) is 28.4. The van der Waals surface area contributed by atoms with Crippen LogP contribution >= 0.6 is 23.1 Å². The van der Waals surface area contributed by atoms with Gasteiger partial charge in [-0.3, -0.25) is 9.36 Å². The second-order valence-electron chi connectivity index (χ2n) is 8.65. The predicted octanol–water partition coefficient (Wildman–Crippen LogP) is 3.66. The van der Waals surface area contributed by atoms with E-state index in [4.69, 9.17) is 18.6 Å². The Morgan fingerprint density at radius 1 is 1.18 bits per heavy atom. The van der Waals surface area contributed by atoms with E-state index in [9.17, 15) is 9.59 Å². The smallest absolute Gasteiger partial charge is 0.338 e. The number of fused-ring (bicyclic) bond motifs is 1. The lowest BCUT2D eigenvalue weighted by atomic mass is 9.95. The minimum atomic E-state index is -0.820. The molecular formula is C28H26N4O6S2. The highest BCUT2D eigenvalue weighted by Gasteiger charge is 2.35. The molecule has 4 heterocycles. The van der Waals surface area contributed by atoms with E-state index in [-0.39, 0.29) is 17.7 Å². The highest BCUT2D eigenvalue weighted by molar-refractivity contribution is 7.99. The fourth-order valence-corrected chi connectivity index (χ4v) is 6.07. The minimum absolute atomic E-state index is 0.179. The van der Waals surface area contributed by atoms with Gasteiger partial charge in [0, 0.05) is 29.6 Å². The number of nitrogens with zero attached hydrogens (tertiary/aromatic N) is 4.